The molecule has 3 N–H and O–H groups in total. The van der Waals surface area contributed by atoms with E-state index in [0.29, 0.717) is 0 Å². The van der Waals surface area contributed by atoms with Crippen molar-refractivity contribution in [3.8, 4) is 17.0 Å². The average Bonchev–Trinajstić information content (AvgIpc) is 2.71. The number of primary amides is 1. The molecule has 1 fully saturated rings. The maximum absolute atomic E-state index is 14.4. The van der Waals surface area contributed by atoms with E-state index in [9.17, 15) is 23.1 Å². The SMILES string of the molecule is CN(c1ncc(-c2c(F)ccc(C(N)=O)c2O)nn1)[C@]1(c2ncccc2F)C[C@@H](F)C1. The van der Waals surface area contributed by atoms with E-state index in [-0.39, 0.29) is 41.3 Å². The van der Waals surface area contributed by atoms with Crippen molar-refractivity contribution in [1.82, 2.24) is 20.2 Å². The van der Waals surface area contributed by atoms with Gasteiger partial charge in [0.05, 0.1) is 22.9 Å². The molecule has 0 saturated heterocycles. The second kappa shape index (κ2) is 7.49. The van der Waals surface area contributed by atoms with E-state index in [2.05, 4.69) is 20.2 Å². The number of halogens is 3. The number of carbonyl (C=O) groups excluding carboxylic acids is 1. The van der Waals surface area contributed by atoms with Crippen molar-refractivity contribution in [2.45, 2.75) is 24.6 Å². The van der Waals surface area contributed by atoms with Crippen molar-refractivity contribution >= 4 is 11.9 Å². The third kappa shape index (κ3) is 3.31. The van der Waals surface area contributed by atoms with Gasteiger partial charge in [-0.15, -0.1) is 10.2 Å². The molecule has 8 nitrogen and oxygen atoms in total. The second-order valence-electron chi connectivity index (χ2n) is 7.26. The first-order valence-corrected chi connectivity index (χ1v) is 9.25. The van der Waals surface area contributed by atoms with Crippen LogP contribution in [0, 0.1) is 11.6 Å². The third-order valence-corrected chi connectivity index (χ3v) is 5.46. The zero-order valence-electron chi connectivity index (χ0n) is 16.3. The molecule has 11 heteroatoms. The Morgan fingerprint density at radius 3 is 2.52 bits per heavy atom. The minimum atomic E-state index is -1.14. The molecule has 31 heavy (non-hydrogen) atoms. The first-order chi connectivity index (χ1) is 14.7. The molecule has 0 unspecified atom stereocenters. The third-order valence-electron chi connectivity index (χ3n) is 5.46. The van der Waals surface area contributed by atoms with Crippen LogP contribution in [-0.2, 0) is 5.54 Å². The summed E-state index contributed by atoms with van der Waals surface area (Å²) in [5.41, 5.74) is 3.32. The average molecular weight is 430 g/mol. The van der Waals surface area contributed by atoms with Gasteiger partial charge in [-0.2, -0.15) is 0 Å². The molecule has 1 aliphatic rings. The number of aromatic hydroxyl groups is 1. The summed E-state index contributed by atoms with van der Waals surface area (Å²) >= 11 is 0. The number of anilines is 1. The predicted octanol–water partition coefficient (Wildman–Crippen LogP) is 2.48. The van der Waals surface area contributed by atoms with Crippen LogP contribution < -0.4 is 10.6 Å². The maximum Gasteiger partial charge on any atom is 0.252 e. The van der Waals surface area contributed by atoms with Gasteiger partial charge >= 0.3 is 0 Å². The molecule has 1 aliphatic carbocycles. The molecule has 3 aromatic rings. The molecule has 2 aromatic heterocycles. The van der Waals surface area contributed by atoms with Crippen molar-refractivity contribution in [3.05, 3.63) is 59.6 Å². The quantitative estimate of drug-likeness (QED) is 0.638. The topological polar surface area (TPSA) is 118 Å². The predicted molar refractivity (Wildman–Crippen MR) is 104 cm³/mol. The number of aromatic nitrogens is 4. The van der Waals surface area contributed by atoms with E-state index < -0.39 is 35.0 Å². The van der Waals surface area contributed by atoms with Crippen LogP contribution in [0.1, 0.15) is 28.9 Å². The highest BCUT2D eigenvalue weighted by Crippen LogP contribution is 2.48. The number of rotatable bonds is 5. The van der Waals surface area contributed by atoms with Crippen molar-refractivity contribution in [2.75, 3.05) is 11.9 Å². The molecular formula is C20H17F3N6O2. The van der Waals surface area contributed by atoms with Crippen LogP contribution in [0.3, 0.4) is 0 Å². The summed E-state index contributed by atoms with van der Waals surface area (Å²) in [5.74, 6) is -3.05. The smallest absolute Gasteiger partial charge is 0.252 e. The van der Waals surface area contributed by atoms with Gasteiger partial charge in [-0.25, -0.2) is 18.2 Å². The number of phenols is 1. The lowest BCUT2D eigenvalue weighted by Crippen LogP contribution is -2.56. The summed E-state index contributed by atoms with van der Waals surface area (Å²) in [5, 5.41) is 18.0. The molecule has 4 rings (SSSR count). The van der Waals surface area contributed by atoms with Gasteiger partial charge in [0.25, 0.3) is 5.91 Å². The summed E-state index contributed by atoms with van der Waals surface area (Å²) in [7, 11) is 1.56. The normalized spacial score (nSPS) is 20.2. The Morgan fingerprint density at radius 2 is 1.94 bits per heavy atom. The van der Waals surface area contributed by atoms with Crippen molar-refractivity contribution in [3.63, 3.8) is 0 Å². The van der Waals surface area contributed by atoms with Crippen molar-refractivity contribution in [2.24, 2.45) is 5.73 Å². The van der Waals surface area contributed by atoms with Crippen molar-refractivity contribution in [1.29, 1.82) is 0 Å². The summed E-state index contributed by atoms with van der Waals surface area (Å²) in [6.07, 6.45) is 1.38. The minimum absolute atomic E-state index is 0.0153. The molecule has 0 radical (unpaired) electrons. The van der Waals surface area contributed by atoms with Gasteiger partial charge in [-0.05, 0) is 24.3 Å². The number of nitrogens with two attached hydrogens (primary N) is 1. The number of pyridine rings is 1. The van der Waals surface area contributed by atoms with Crippen LogP contribution in [0.2, 0.25) is 0 Å². The van der Waals surface area contributed by atoms with Crippen LogP contribution in [0.25, 0.3) is 11.3 Å². The molecule has 1 saturated carbocycles. The van der Waals surface area contributed by atoms with Gasteiger partial charge < -0.3 is 15.7 Å². The van der Waals surface area contributed by atoms with Crippen LogP contribution in [-0.4, -0.2) is 44.4 Å². The Bertz CT molecular complexity index is 1150. The highest BCUT2D eigenvalue weighted by atomic mass is 19.1. The van der Waals surface area contributed by atoms with Gasteiger partial charge in [0.1, 0.15) is 34.9 Å². The lowest BCUT2D eigenvalue weighted by atomic mass is 9.71. The van der Waals surface area contributed by atoms with Gasteiger partial charge in [-0.3, -0.25) is 9.78 Å². The number of carbonyl (C=O) groups is 1. The summed E-state index contributed by atoms with van der Waals surface area (Å²) in [6.45, 7) is 0. The molecule has 1 amide bonds. The lowest BCUT2D eigenvalue weighted by Gasteiger charge is -2.49. The largest absolute Gasteiger partial charge is 0.506 e. The lowest BCUT2D eigenvalue weighted by molar-refractivity contribution is 0.0859. The maximum atomic E-state index is 14.4. The fourth-order valence-corrected chi connectivity index (χ4v) is 3.77. The zero-order chi connectivity index (χ0) is 22.3. The molecule has 2 heterocycles. The van der Waals surface area contributed by atoms with E-state index in [1.54, 1.807) is 7.05 Å². The van der Waals surface area contributed by atoms with E-state index in [4.69, 9.17) is 5.73 Å². The Morgan fingerprint density at radius 1 is 1.19 bits per heavy atom. The first-order valence-electron chi connectivity index (χ1n) is 9.25. The minimum Gasteiger partial charge on any atom is -0.506 e. The Balaban J connectivity index is 1.71. The van der Waals surface area contributed by atoms with Gasteiger partial charge in [0, 0.05) is 26.1 Å². The van der Waals surface area contributed by atoms with E-state index in [1.165, 1.54) is 23.2 Å². The molecular weight excluding hydrogens is 413 g/mol. The Kier molecular flexibility index (Phi) is 4.96. The Hall–Kier alpha value is -3.76. The zero-order valence-corrected chi connectivity index (χ0v) is 16.3. The number of hydrogen-bond acceptors (Lipinski definition) is 7. The van der Waals surface area contributed by atoms with Gasteiger partial charge in [0.2, 0.25) is 5.95 Å². The highest BCUT2D eigenvalue weighted by molar-refractivity contribution is 5.97. The summed E-state index contributed by atoms with van der Waals surface area (Å²) in [6, 6.07) is 4.69. The monoisotopic (exact) mass is 430 g/mol. The molecule has 1 aromatic carbocycles. The van der Waals surface area contributed by atoms with Crippen LogP contribution >= 0.6 is 0 Å². The van der Waals surface area contributed by atoms with Crippen LogP contribution in [0.5, 0.6) is 5.75 Å². The second-order valence-corrected chi connectivity index (χ2v) is 7.26. The molecule has 0 aliphatic heterocycles. The van der Waals surface area contributed by atoms with Gasteiger partial charge in [-0.1, -0.05) is 0 Å². The number of alkyl halides is 1. The number of benzene rings is 1. The number of amides is 1. The highest BCUT2D eigenvalue weighted by Gasteiger charge is 2.52. The Labute approximate surface area is 174 Å². The van der Waals surface area contributed by atoms with E-state index in [0.717, 1.165) is 18.3 Å². The van der Waals surface area contributed by atoms with Crippen LogP contribution in [0.4, 0.5) is 19.1 Å². The number of nitrogens with zero attached hydrogens (tertiary/aromatic N) is 5. The first kappa shape index (κ1) is 20.5. The molecule has 160 valence electrons. The van der Waals surface area contributed by atoms with Crippen LogP contribution in [0.15, 0.2) is 36.7 Å². The van der Waals surface area contributed by atoms with E-state index >= 15 is 0 Å². The number of hydrogen-bond donors (Lipinski definition) is 2. The molecule has 0 bridgehead atoms. The fourth-order valence-electron chi connectivity index (χ4n) is 3.77. The van der Waals surface area contributed by atoms with Gasteiger partial charge in [0.15, 0.2) is 0 Å². The fraction of sp³-hybridized carbons (Fsp3) is 0.250. The molecule has 0 atom stereocenters. The summed E-state index contributed by atoms with van der Waals surface area (Å²) in [4.78, 5) is 21.1. The van der Waals surface area contributed by atoms with Crippen molar-refractivity contribution < 1.29 is 23.1 Å². The summed E-state index contributed by atoms with van der Waals surface area (Å²) < 4.78 is 42.5. The standard InChI is InChI=1S/C20H17F3N6O2/c1-29(20(7-10(21)8-20)17-13(23)3-2-6-25-17)19-26-9-14(27-28-19)15-12(22)5-4-11(16(15)30)18(24)31/h2-6,9-10,30H,7-8H2,1H3,(H2,24,31)/t10-,20-. The molecule has 0 spiro atoms. The van der Waals surface area contributed by atoms with E-state index in [1.807, 2.05) is 0 Å².